The molecule has 0 radical (unpaired) electrons. The van der Waals surface area contributed by atoms with E-state index in [-0.39, 0.29) is 23.0 Å². The van der Waals surface area contributed by atoms with Crippen LogP contribution in [0.2, 0.25) is 0 Å². The maximum Gasteiger partial charge on any atom is 0.161 e. The van der Waals surface area contributed by atoms with Gasteiger partial charge < -0.3 is 20.4 Å². The lowest BCUT2D eigenvalue weighted by Gasteiger charge is -2.07. The minimum Gasteiger partial charge on any atom is -0.504 e. The molecule has 6 nitrogen and oxygen atoms in total. The van der Waals surface area contributed by atoms with E-state index >= 15 is 0 Å². The van der Waals surface area contributed by atoms with Gasteiger partial charge in [-0.25, -0.2) is 0 Å². The summed E-state index contributed by atoms with van der Waals surface area (Å²) in [6.45, 7) is 3.34. The van der Waals surface area contributed by atoms with Crippen LogP contribution < -0.4 is 0 Å². The van der Waals surface area contributed by atoms with Gasteiger partial charge in [0.1, 0.15) is 0 Å². The van der Waals surface area contributed by atoms with Crippen LogP contribution in [-0.4, -0.2) is 32.9 Å². The molecule has 2 aromatic rings. The summed E-state index contributed by atoms with van der Waals surface area (Å²) in [6.07, 6.45) is 2.87. The van der Waals surface area contributed by atoms with E-state index in [0.29, 0.717) is 22.3 Å². The van der Waals surface area contributed by atoms with E-state index < -0.39 is 0 Å². The molecule has 0 fully saturated rings. The molecular formula is C16H16N2O4. The molecule has 0 heterocycles. The number of phenolic OH excluding ortho intramolecular Hbond substituents is 4. The smallest absolute Gasteiger partial charge is 0.161 e. The van der Waals surface area contributed by atoms with E-state index in [1.165, 1.54) is 24.6 Å². The molecule has 2 rings (SSSR count). The highest BCUT2D eigenvalue weighted by molar-refractivity contribution is 5.85. The third-order valence-electron chi connectivity index (χ3n) is 3.23. The van der Waals surface area contributed by atoms with Gasteiger partial charge in [-0.15, -0.1) is 0 Å². The van der Waals surface area contributed by atoms with Crippen molar-refractivity contribution in [3.05, 3.63) is 46.5 Å². The highest BCUT2D eigenvalue weighted by Crippen LogP contribution is 2.33. The van der Waals surface area contributed by atoms with Crippen molar-refractivity contribution in [3.63, 3.8) is 0 Å². The lowest BCUT2D eigenvalue weighted by molar-refractivity contribution is 0.398. The number of rotatable bonds is 3. The molecule has 0 atom stereocenters. The molecule has 114 valence electrons. The predicted octanol–water partition coefficient (Wildman–Crippen LogP) is 2.58. The summed E-state index contributed by atoms with van der Waals surface area (Å²) in [5, 5.41) is 45.6. The Hall–Kier alpha value is -3.02. The second kappa shape index (κ2) is 6.17. The Kier molecular flexibility index (Phi) is 4.31. The number of aromatic hydroxyl groups is 4. The van der Waals surface area contributed by atoms with Crippen molar-refractivity contribution in [1.82, 2.24) is 0 Å². The molecule has 4 N–H and O–H groups in total. The lowest BCUT2D eigenvalue weighted by atomic mass is 10.0. The van der Waals surface area contributed by atoms with Crippen LogP contribution >= 0.6 is 0 Å². The van der Waals surface area contributed by atoms with Gasteiger partial charge in [0.15, 0.2) is 23.0 Å². The number of hydrogen-bond donors (Lipinski definition) is 4. The van der Waals surface area contributed by atoms with Crippen molar-refractivity contribution < 1.29 is 20.4 Å². The van der Waals surface area contributed by atoms with Crippen LogP contribution in [0.25, 0.3) is 0 Å². The van der Waals surface area contributed by atoms with Crippen molar-refractivity contribution >= 4 is 12.4 Å². The molecular weight excluding hydrogens is 284 g/mol. The standard InChI is InChI=1S/C16H16N2O4/c1-9-5-12(10(2)16(22)15(9)21)8-18-17-7-11-3-4-13(19)14(20)6-11/h3-8,19-22H,1-2H3. The Morgan fingerprint density at radius 3 is 2.18 bits per heavy atom. The SMILES string of the molecule is Cc1cc(C=NN=Cc2ccc(O)c(O)c2)c(C)c(O)c1O. The molecule has 0 saturated heterocycles. The largest absolute Gasteiger partial charge is 0.504 e. The summed E-state index contributed by atoms with van der Waals surface area (Å²) < 4.78 is 0. The van der Waals surface area contributed by atoms with Gasteiger partial charge in [0.05, 0.1) is 12.4 Å². The third kappa shape index (κ3) is 3.17. The van der Waals surface area contributed by atoms with Crippen molar-refractivity contribution in [2.75, 3.05) is 0 Å². The van der Waals surface area contributed by atoms with Crippen LogP contribution in [0.1, 0.15) is 22.3 Å². The maximum absolute atomic E-state index is 9.76. The zero-order valence-electron chi connectivity index (χ0n) is 12.1. The van der Waals surface area contributed by atoms with Crippen molar-refractivity contribution in [3.8, 4) is 23.0 Å². The monoisotopic (exact) mass is 300 g/mol. The maximum atomic E-state index is 9.76. The molecule has 0 aliphatic rings. The van der Waals surface area contributed by atoms with E-state index in [1.807, 2.05) is 0 Å². The summed E-state index contributed by atoms with van der Waals surface area (Å²) in [7, 11) is 0. The summed E-state index contributed by atoms with van der Waals surface area (Å²) in [5.74, 6) is -0.749. The van der Waals surface area contributed by atoms with Gasteiger partial charge in [0.2, 0.25) is 0 Å². The topological polar surface area (TPSA) is 106 Å². The number of benzene rings is 2. The fourth-order valence-corrected chi connectivity index (χ4v) is 1.86. The fraction of sp³-hybridized carbons (Fsp3) is 0.125. The fourth-order valence-electron chi connectivity index (χ4n) is 1.86. The molecule has 22 heavy (non-hydrogen) atoms. The Labute approximate surface area is 127 Å². The average Bonchev–Trinajstić information content (AvgIpc) is 2.50. The second-order valence-corrected chi connectivity index (χ2v) is 4.84. The zero-order valence-corrected chi connectivity index (χ0v) is 12.1. The first-order valence-corrected chi connectivity index (χ1v) is 6.50. The van der Waals surface area contributed by atoms with Crippen LogP contribution in [0.4, 0.5) is 0 Å². The molecule has 6 heteroatoms. The van der Waals surface area contributed by atoms with E-state index in [2.05, 4.69) is 10.2 Å². The molecule has 0 aromatic heterocycles. The van der Waals surface area contributed by atoms with E-state index in [1.54, 1.807) is 26.0 Å². The first-order chi connectivity index (χ1) is 10.4. The number of hydrogen-bond acceptors (Lipinski definition) is 6. The summed E-state index contributed by atoms with van der Waals surface area (Å²) in [6, 6.07) is 5.98. The quantitative estimate of drug-likeness (QED) is 0.397. The van der Waals surface area contributed by atoms with E-state index in [9.17, 15) is 20.4 Å². The summed E-state index contributed by atoms with van der Waals surface area (Å²) >= 11 is 0. The van der Waals surface area contributed by atoms with Crippen molar-refractivity contribution in [2.24, 2.45) is 10.2 Å². The summed E-state index contributed by atoms with van der Waals surface area (Å²) in [4.78, 5) is 0. The Morgan fingerprint density at radius 1 is 0.818 bits per heavy atom. The third-order valence-corrected chi connectivity index (χ3v) is 3.23. The highest BCUT2D eigenvalue weighted by atomic mass is 16.3. The van der Waals surface area contributed by atoms with Crippen LogP contribution in [0.15, 0.2) is 34.5 Å². The Morgan fingerprint density at radius 2 is 1.50 bits per heavy atom. The molecule has 0 aliphatic heterocycles. The highest BCUT2D eigenvalue weighted by Gasteiger charge is 2.10. The van der Waals surface area contributed by atoms with Gasteiger partial charge in [-0.1, -0.05) is 0 Å². The van der Waals surface area contributed by atoms with E-state index in [0.717, 1.165) is 0 Å². The molecule has 0 bridgehead atoms. The molecule has 0 spiro atoms. The molecule has 0 aliphatic carbocycles. The van der Waals surface area contributed by atoms with Gasteiger partial charge in [-0.3, -0.25) is 0 Å². The van der Waals surface area contributed by atoms with Gasteiger partial charge in [-0.05, 0) is 49.2 Å². The molecule has 2 aromatic carbocycles. The van der Waals surface area contributed by atoms with Crippen LogP contribution in [0.5, 0.6) is 23.0 Å². The Bertz CT molecular complexity index is 767. The zero-order chi connectivity index (χ0) is 16.3. The van der Waals surface area contributed by atoms with Crippen molar-refractivity contribution in [1.29, 1.82) is 0 Å². The second-order valence-electron chi connectivity index (χ2n) is 4.84. The average molecular weight is 300 g/mol. The molecule has 0 saturated carbocycles. The predicted molar refractivity (Wildman–Crippen MR) is 84.2 cm³/mol. The van der Waals surface area contributed by atoms with Crippen molar-refractivity contribution in [2.45, 2.75) is 13.8 Å². The van der Waals surface area contributed by atoms with Gasteiger partial charge in [0, 0.05) is 11.1 Å². The normalized spacial score (nSPS) is 11.5. The van der Waals surface area contributed by atoms with Gasteiger partial charge in [-0.2, -0.15) is 10.2 Å². The molecule has 0 amide bonds. The number of aryl methyl sites for hydroxylation is 1. The summed E-state index contributed by atoms with van der Waals surface area (Å²) in [5.41, 5.74) is 2.26. The number of nitrogens with zero attached hydrogens (tertiary/aromatic N) is 2. The lowest BCUT2D eigenvalue weighted by Crippen LogP contribution is -1.90. The Balaban J connectivity index is 2.19. The van der Waals surface area contributed by atoms with Crippen LogP contribution in [0.3, 0.4) is 0 Å². The first kappa shape index (κ1) is 15.4. The van der Waals surface area contributed by atoms with Crippen LogP contribution in [-0.2, 0) is 0 Å². The van der Waals surface area contributed by atoms with Gasteiger partial charge >= 0.3 is 0 Å². The minimum absolute atomic E-state index is 0.141. The first-order valence-electron chi connectivity index (χ1n) is 6.50. The molecule has 0 unspecified atom stereocenters. The number of phenols is 4. The van der Waals surface area contributed by atoms with Crippen LogP contribution in [0, 0.1) is 13.8 Å². The van der Waals surface area contributed by atoms with Gasteiger partial charge in [0.25, 0.3) is 0 Å². The minimum atomic E-state index is -0.233. The van der Waals surface area contributed by atoms with E-state index in [4.69, 9.17) is 0 Å².